The van der Waals surface area contributed by atoms with Gasteiger partial charge in [0.05, 0.1) is 4.70 Å². The highest BCUT2D eigenvalue weighted by atomic mass is 32.1. The van der Waals surface area contributed by atoms with Crippen molar-refractivity contribution in [3.05, 3.63) is 46.3 Å². The summed E-state index contributed by atoms with van der Waals surface area (Å²) in [5.41, 5.74) is 2.14. The number of nitrogens with zero attached hydrogens (tertiary/aromatic N) is 1. The molecule has 2 heterocycles. The highest BCUT2D eigenvalue weighted by Crippen LogP contribution is 2.40. The predicted octanol–water partition coefficient (Wildman–Crippen LogP) is 4.49. The third-order valence-electron chi connectivity index (χ3n) is 3.76. The molecule has 3 aromatic rings. The van der Waals surface area contributed by atoms with Gasteiger partial charge in [0.15, 0.2) is 5.13 Å². The van der Waals surface area contributed by atoms with E-state index in [1.165, 1.54) is 34.4 Å². The van der Waals surface area contributed by atoms with Crippen molar-refractivity contribution in [3.8, 4) is 0 Å². The van der Waals surface area contributed by atoms with Crippen LogP contribution in [0.3, 0.4) is 0 Å². The second-order valence-corrected chi connectivity index (χ2v) is 7.27. The molecule has 0 radical (unpaired) electrons. The van der Waals surface area contributed by atoms with Crippen molar-refractivity contribution in [3.63, 3.8) is 0 Å². The zero-order valence-electron chi connectivity index (χ0n) is 11.4. The van der Waals surface area contributed by atoms with E-state index in [9.17, 15) is 4.79 Å². The molecule has 1 aliphatic rings. The van der Waals surface area contributed by atoms with E-state index >= 15 is 0 Å². The van der Waals surface area contributed by atoms with Gasteiger partial charge in [0.1, 0.15) is 4.83 Å². The van der Waals surface area contributed by atoms with Crippen molar-refractivity contribution in [2.24, 2.45) is 0 Å². The highest BCUT2D eigenvalue weighted by Gasteiger charge is 2.20. The van der Waals surface area contributed by atoms with Gasteiger partial charge in [-0.3, -0.25) is 10.1 Å². The van der Waals surface area contributed by atoms with Crippen molar-refractivity contribution in [1.29, 1.82) is 0 Å². The number of carbonyl (C=O) groups is 1. The number of benzene rings is 1. The number of hydrogen-bond donors (Lipinski definition) is 1. The van der Waals surface area contributed by atoms with Gasteiger partial charge in [0.25, 0.3) is 5.91 Å². The number of hydrogen-bond acceptors (Lipinski definition) is 4. The lowest BCUT2D eigenvalue weighted by Crippen LogP contribution is -2.11. The standard InChI is InChI=1S/C16H14N2OS2/c19-14(10-6-2-1-3-7-10)17-16-18-15-13(21-16)11-8-4-5-9-12(11)20-15/h1-3,6-7H,4-5,8-9H2,(H,17,18,19). The molecule has 0 atom stereocenters. The van der Waals surface area contributed by atoms with Crippen LogP contribution in [-0.2, 0) is 12.8 Å². The SMILES string of the molecule is O=C(Nc1nc2sc3c(c2s1)CCCC3)c1ccccc1. The zero-order valence-corrected chi connectivity index (χ0v) is 13.0. The van der Waals surface area contributed by atoms with Crippen molar-refractivity contribution >= 4 is 43.2 Å². The number of thiazole rings is 1. The predicted molar refractivity (Wildman–Crippen MR) is 88.5 cm³/mol. The molecular weight excluding hydrogens is 300 g/mol. The lowest BCUT2D eigenvalue weighted by atomic mass is 10.00. The molecule has 1 aliphatic carbocycles. The van der Waals surface area contributed by atoms with Crippen LogP contribution in [0.5, 0.6) is 0 Å². The molecule has 0 bridgehead atoms. The molecule has 106 valence electrons. The Morgan fingerprint density at radius 3 is 2.76 bits per heavy atom. The number of aromatic nitrogens is 1. The lowest BCUT2D eigenvalue weighted by molar-refractivity contribution is 0.102. The van der Waals surface area contributed by atoms with E-state index < -0.39 is 0 Å². The fourth-order valence-electron chi connectivity index (χ4n) is 2.73. The van der Waals surface area contributed by atoms with Crippen LogP contribution in [0.15, 0.2) is 30.3 Å². The number of amides is 1. The van der Waals surface area contributed by atoms with E-state index in [-0.39, 0.29) is 5.91 Å². The van der Waals surface area contributed by atoms with Gasteiger partial charge < -0.3 is 0 Å². The molecule has 0 saturated heterocycles. The molecule has 21 heavy (non-hydrogen) atoms. The van der Waals surface area contributed by atoms with E-state index in [2.05, 4.69) is 10.3 Å². The Labute approximate surface area is 130 Å². The van der Waals surface area contributed by atoms with Gasteiger partial charge in [-0.15, -0.1) is 11.3 Å². The average Bonchev–Trinajstić information content (AvgIpc) is 3.05. The summed E-state index contributed by atoms with van der Waals surface area (Å²) in [7, 11) is 0. The highest BCUT2D eigenvalue weighted by molar-refractivity contribution is 7.29. The second-order valence-electron chi connectivity index (χ2n) is 5.18. The Kier molecular flexibility index (Phi) is 3.24. The van der Waals surface area contributed by atoms with Crippen LogP contribution >= 0.6 is 22.7 Å². The molecule has 2 aromatic heterocycles. The van der Waals surface area contributed by atoms with E-state index in [0.29, 0.717) is 10.7 Å². The first-order chi connectivity index (χ1) is 10.3. The van der Waals surface area contributed by atoms with Crippen molar-refractivity contribution < 1.29 is 4.79 Å². The van der Waals surface area contributed by atoms with E-state index in [1.54, 1.807) is 22.7 Å². The summed E-state index contributed by atoms with van der Waals surface area (Å²) in [6.45, 7) is 0. The van der Waals surface area contributed by atoms with Crippen molar-refractivity contribution in [2.75, 3.05) is 5.32 Å². The van der Waals surface area contributed by atoms with Crippen LogP contribution < -0.4 is 5.32 Å². The van der Waals surface area contributed by atoms with Gasteiger partial charge in [0.2, 0.25) is 0 Å². The van der Waals surface area contributed by atoms with Crippen LogP contribution in [0.25, 0.3) is 9.53 Å². The molecule has 4 rings (SSSR count). The van der Waals surface area contributed by atoms with Crippen LogP contribution in [0.2, 0.25) is 0 Å². The average molecular weight is 314 g/mol. The summed E-state index contributed by atoms with van der Waals surface area (Å²) >= 11 is 3.40. The van der Waals surface area contributed by atoms with Gasteiger partial charge >= 0.3 is 0 Å². The first-order valence-corrected chi connectivity index (χ1v) is 8.72. The fraction of sp³-hybridized carbons (Fsp3) is 0.250. The molecule has 1 aromatic carbocycles. The summed E-state index contributed by atoms with van der Waals surface area (Å²) in [5.74, 6) is -0.0918. The smallest absolute Gasteiger partial charge is 0.257 e. The van der Waals surface area contributed by atoms with Gasteiger partial charge in [-0.05, 0) is 43.4 Å². The van der Waals surface area contributed by atoms with Crippen LogP contribution in [0.1, 0.15) is 33.6 Å². The molecule has 5 heteroatoms. The van der Waals surface area contributed by atoms with E-state index in [0.717, 1.165) is 11.3 Å². The number of carbonyl (C=O) groups excluding carboxylic acids is 1. The quantitative estimate of drug-likeness (QED) is 0.757. The Hall–Kier alpha value is -1.72. The molecule has 0 saturated carbocycles. The minimum atomic E-state index is -0.0918. The maximum absolute atomic E-state index is 12.2. The first kappa shape index (κ1) is 13.0. The Balaban J connectivity index is 1.63. The van der Waals surface area contributed by atoms with Gasteiger partial charge in [0, 0.05) is 10.4 Å². The number of thiophene rings is 1. The monoisotopic (exact) mass is 314 g/mol. The Morgan fingerprint density at radius 1 is 1.10 bits per heavy atom. The molecule has 1 N–H and O–H groups in total. The minimum Gasteiger partial charge on any atom is -0.298 e. The molecule has 0 unspecified atom stereocenters. The third kappa shape index (κ3) is 2.36. The molecular formula is C16H14N2OS2. The zero-order chi connectivity index (χ0) is 14.2. The molecule has 1 amide bonds. The maximum Gasteiger partial charge on any atom is 0.257 e. The Bertz CT molecular complexity index is 804. The minimum absolute atomic E-state index is 0.0918. The van der Waals surface area contributed by atoms with Crippen LogP contribution in [0, 0.1) is 0 Å². The van der Waals surface area contributed by atoms with Crippen molar-refractivity contribution in [2.45, 2.75) is 25.7 Å². The Morgan fingerprint density at radius 2 is 1.90 bits per heavy atom. The van der Waals surface area contributed by atoms with E-state index in [4.69, 9.17) is 0 Å². The molecule has 0 aliphatic heterocycles. The van der Waals surface area contributed by atoms with E-state index in [1.807, 2.05) is 30.3 Å². The molecule has 0 fully saturated rings. The molecule has 3 nitrogen and oxygen atoms in total. The molecule has 0 spiro atoms. The number of fused-ring (bicyclic) bond motifs is 3. The topological polar surface area (TPSA) is 42.0 Å². The number of aryl methyl sites for hydroxylation is 2. The second kappa shape index (κ2) is 5.24. The number of nitrogens with one attached hydrogen (secondary N) is 1. The van der Waals surface area contributed by atoms with Crippen molar-refractivity contribution in [1.82, 2.24) is 4.98 Å². The fourth-order valence-corrected chi connectivity index (χ4v) is 5.21. The maximum atomic E-state index is 12.2. The summed E-state index contributed by atoms with van der Waals surface area (Å²) in [5, 5.41) is 3.62. The normalized spacial score (nSPS) is 14.1. The summed E-state index contributed by atoms with van der Waals surface area (Å²) in [4.78, 5) is 19.3. The first-order valence-electron chi connectivity index (χ1n) is 7.09. The summed E-state index contributed by atoms with van der Waals surface area (Å²) < 4.78 is 1.28. The largest absolute Gasteiger partial charge is 0.298 e. The van der Waals surface area contributed by atoms with Crippen LogP contribution in [0.4, 0.5) is 5.13 Å². The summed E-state index contributed by atoms with van der Waals surface area (Å²) in [6, 6.07) is 9.26. The van der Waals surface area contributed by atoms with Gasteiger partial charge in [-0.1, -0.05) is 29.5 Å². The number of rotatable bonds is 2. The third-order valence-corrected chi connectivity index (χ3v) is 6.11. The van der Waals surface area contributed by atoms with Gasteiger partial charge in [-0.25, -0.2) is 4.98 Å². The lowest BCUT2D eigenvalue weighted by Gasteiger charge is -2.09. The summed E-state index contributed by atoms with van der Waals surface area (Å²) in [6.07, 6.45) is 4.90. The van der Waals surface area contributed by atoms with Crippen LogP contribution in [-0.4, -0.2) is 10.9 Å². The van der Waals surface area contributed by atoms with Gasteiger partial charge in [-0.2, -0.15) is 0 Å². The number of anilines is 1.